The second-order valence-corrected chi connectivity index (χ2v) is 8.44. The van der Waals surface area contributed by atoms with Gasteiger partial charge in [-0.15, -0.1) is 11.3 Å². The number of hydrogen-bond acceptors (Lipinski definition) is 6. The van der Waals surface area contributed by atoms with Crippen LogP contribution in [0.5, 0.6) is 11.5 Å². The highest BCUT2D eigenvalue weighted by Crippen LogP contribution is 2.25. The number of ether oxygens (including phenoxy) is 2. The first-order valence-electron chi connectivity index (χ1n) is 9.52. The summed E-state index contributed by atoms with van der Waals surface area (Å²) in [5, 5.41) is 6.69. The molecule has 158 valence electrons. The van der Waals surface area contributed by atoms with E-state index in [1.54, 1.807) is 29.5 Å². The molecule has 30 heavy (non-hydrogen) atoms. The normalized spacial score (nSPS) is 11.9. The molecule has 0 aliphatic heterocycles. The average molecular weight is 428 g/mol. The minimum atomic E-state index is -0.714. The number of benzene rings is 2. The maximum atomic E-state index is 12.9. The van der Waals surface area contributed by atoms with Gasteiger partial charge in [-0.2, -0.15) is 0 Å². The number of nitrogens with zero attached hydrogens (tertiary/aromatic N) is 1. The number of methoxy groups -OCH3 is 2. The van der Waals surface area contributed by atoms with Crippen LogP contribution in [0.25, 0.3) is 10.2 Å². The van der Waals surface area contributed by atoms with E-state index in [1.165, 1.54) is 14.2 Å². The van der Waals surface area contributed by atoms with Crippen LogP contribution in [0.2, 0.25) is 0 Å². The fraction of sp³-hybridized carbons (Fsp3) is 0.318. The Morgan fingerprint density at radius 2 is 1.70 bits per heavy atom. The molecular weight excluding hydrogens is 402 g/mol. The molecule has 1 aromatic heterocycles. The van der Waals surface area contributed by atoms with Crippen LogP contribution in [0, 0.1) is 12.8 Å². The van der Waals surface area contributed by atoms with E-state index in [4.69, 9.17) is 9.47 Å². The first kappa shape index (κ1) is 21.6. The first-order chi connectivity index (χ1) is 14.3. The van der Waals surface area contributed by atoms with Crippen LogP contribution < -0.4 is 20.1 Å². The lowest BCUT2D eigenvalue weighted by Gasteiger charge is -2.22. The van der Waals surface area contributed by atoms with Crippen molar-refractivity contribution >= 4 is 39.1 Å². The zero-order chi connectivity index (χ0) is 21.8. The van der Waals surface area contributed by atoms with Crippen molar-refractivity contribution in [1.82, 2.24) is 10.3 Å². The van der Waals surface area contributed by atoms with Crippen LogP contribution in [-0.2, 0) is 4.79 Å². The zero-order valence-electron chi connectivity index (χ0n) is 17.6. The molecular formula is C22H25N3O4S. The number of hydrogen-bond donors (Lipinski definition) is 2. The van der Waals surface area contributed by atoms with Gasteiger partial charge in [0.05, 0.1) is 29.4 Å². The minimum absolute atomic E-state index is 0.115. The van der Waals surface area contributed by atoms with Crippen molar-refractivity contribution in [3.05, 3.63) is 47.0 Å². The van der Waals surface area contributed by atoms with Crippen LogP contribution >= 0.6 is 11.3 Å². The Bertz CT molecular complexity index is 1060. The number of carbonyl (C=O) groups is 2. The summed E-state index contributed by atoms with van der Waals surface area (Å²) in [5.41, 5.74) is 1.92. The number of aromatic nitrogens is 1. The lowest BCUT2D eigenvalue weighted by molar-refractivity contribution is -0.118. The van der Waals surface area contributed by atoms with Gasteiger partial charge in [-0.05, 0) is 43.2 Å². The quantitative estimate of drug-likeness (QED) is 0.595. The van der Waals surface area contributed by atoms with Gasteiger partial charge in [-0.3, -0.25) is 9.59 Å². The number of carbonyl (C=O) groups excluding carboxylic acids is 2. The van der Waals surface area contributed by atoms with Gasteiger partial charge in [-0.1, -0.05) is 13.8 Å². The summed E-state index contributed by atoms with van der Waals surface area (Å²) in [7, 11) is 3.03. The van der Waals surface area contributed by atoms with E-state index in [0.29, 0.717) is 22.7 Å². The van der Waals surface area contributed by atoms with E-state index in [-0.39, 0.29) is 17.7 Å². The Labute approximate surface area is 179 Å². The molecule has 2 N–H and O–H groups in total. The third-order valence-corrected chi connectivity index (χ3v) is 5.55. The summed E-state index contributed by atoms with van der Waals surface area (Å²) < 4.78 is 11.4. The molecule has 1 atom stereocenters. The van der Waals surface area contributed by atoms with E-state index < -0.39 is 6.04 Å². The summed E-state index contributed by atoms with van der Waals surface area (Å²) in [4.78, 5) is 30.2. The summed E-state index contributed by atoms with van der Waals surface area (Å²) in [6, 6.07) is 9.75. The number of anilines is 1. The van der Waals surface area contributed by atoms with Gasteiger partial charge in [0.15, 0.2) is 0 Å². The zero-order valence-corrected chi connectivity index (χ0v) is 18.4. The van der Waals surface area contributed by atoms with Crippen molar-refractivity contribution in [2.75, 3.05) is 19.5 Å². The predicted molar refractivity (Wildman–Crippen MR) is 119 cm³/mol. The van der Waals surface area contributed by atoms with Gasteiger partial charge in [0, 0.05) is 17.3 Å². The fourth-order valence-corrected chi connectivity index (χ4v) is 3.90. The average Bonchev–Trinajstić information content (AvgIpc) is 3.10. The molecule has 3 rings (SSSR count). The smallest absolute Gasteiger partial charge is 0.252 e. The van der Waals surface area contributed by atoms with Crippen LogP contribution in [0.1, 0.15) is 29.2 Å². The standard InChI is InChI=1S/C22H25N3O4S/c1-12(2)20(25-21(26)14-8-16(28-4)11-17(9-14)29-5)22(27)24-15-6-7-18-19(10-15)30-13(3)23-18/h6-12,20H,1-5H3,(H,24,27)(H,25,26)/t20-/m0/s1. The van der Waals surface area contributed by atoms with Crippen molar-refractivity contribution in [3.8, 4) is 11.5 Å². The van der Waals surface area contributed by atoms with Gasteiger partial charge in [0.1, 0.15) is 17.5 Å². The Balaban J connectivity index is 1.77. The molecule has 0 unspecified atom stereocenters. The van der Waals surface area contributed by atoms with E-state index in [1.807, 2.05) is 39.0 Å². The highest BCUT2D eigenvalue weighted by atomic mass is 32.1. The third kappa shape index (κ3) is 4.88. The molecule has 0 aliphatic rings. The van der Waals surface area contributed by atoms with Crippen molar-refractivity contribution < 1.29 is 19.1 Å². The number of rotatable bonds is 7. The van der Waals surface area contributed by atoms with E-state index in [0.717, 1.165) is 15.2 Å². The van der Waals surface area contributed by atoms with Gasteiger partial charge in [0.25, 0.3) is 5.91 Å². The Morgan fingerprint density at radius 1 is 1.03 bits per heavy atom. The molecule has 7 nitrogen and oxygen atoms in total. The van der Waals surface area contributed by atoms with E-state index in [2.05, 4.69) is 15.6 Å². The Morgan fingerprint density at radius 3 is 2.30 bits per heavy atom. The molecule has 0 radical (unpaired) electrons. The SMILES string of the molecule is COc1cc(OC)cc(C(=O)N[C@H](C(=O)Nc2ccc3nc(C)sc3c2)C(C)C)c1. The lowest BCUT2D eigenvalue weighted by atomic mass is 10.0. The molecule has 2 amide bonds. The Hall–Kier alpha value is -3.13. The van der Waals surface area contributed by atoms with Crippen LogP contribution in [0.4, 0.5) is 5.69 Å². The van der Waals surface area contributed by atoms with Gasteiger partial charge < -0.3 is 20.1 Å². The minimum Gasteiger partial charge on any atom is -0.497 e. The number of thiazole rings is 1. The maximum Gasteiger partial charge on any atom is 0.252 e. The molecule has 3 aromatic rings. The molecule has 0 spiro atoms. The molecule has 8 heteroatoms. The largest absolute Gasteiger partial charge is 0.497 e. The van der Waals surface area contributed by atoms with Crippen LogP contribution in [0.3, 0.4) is 0 Å². The second kappa shape index (κ2) is 9.13. The second-order valence-electron chi connectivity index (χ2n) is 7.20. The highest BCUT2D eigenvalue weighted by Gasteiger charge is 2.25. The van der Waals surface area contributed by atoms with Crippen LogP contribution in [0.15, 0.2) is 36.4 Å². The van der Waals surface area contributed by atoms with Crippen molar-refractivity contribution in [2.24, 2.45) is 5.92 Å². The summed E-state index contributed by atoms with van der Waals surface area (Å²) >= 11 is 1.57. The topological polar surface area (TPSA) is 89.5 Å². The number of aryl methyl sites for hydroxylation is 1. The summed E-state index contributed by atoms with van der Waals surface area (Å²) in [5.74, 6) is 0.218. The Kier molecular flexibility index (Phi) is 6.56. The summed E-state index contributed by atoms with van der Waals surface area (Å²) in [6.45, 7) is 5.71. The molecule has 0 saturated carbocycles. The van der Waals surface area contributed by atoms with Crippen molar-refractivity contribution in [2.45, 2.75) is 26.8 Å². The van der Waals surface area contributed by atoms with Crippen LogP contribution in [-0.4, -0.2) is 37.1 Å². The molecule has 0 saturated heterocycles. The molecule has 0 bridgehead atoms. The maximum absolute atomic E-state index is 12.9. The van der Waals surface area contributed by atoms with E-state index >= 15 is 0 Å². The fourth-order valence-electron chi connectivity index (χ4n) is 3.04. The monoisotopic (exact) mass is 427 g/mol. The highest BCUT2D eigenvalue weighted by molar-refractivity contribution is 7.18. The number of amides is 2. The third-order valence-electron chi connectivity index (χ3n) is 4.61. The molecule has 0 fully saturated rings. The predicted octanol–water partition coefficient (Wildman–Crippen LogP) is 4.02. The van der Waals surface area contributed by atoms with Gasteiger partial charge >= 0.3 is 0 Å². The van der Waals surface area contributed by atoms with Gasteiger partial charge in [0.2, 0.25) is 5.91 Å². The molecule has 1 heterocycles. The molecule has 0 aliphatic carbocycles. The van der Waals surface area contributed by atoms with Gasteiger partial charge in [-0.25, -0.2) is 4.98 Å². The van der Waals surface area contributed by atoms with Crippen molar-refractivity contribution in [1.29, 1.82) is 0 Å². The summed E-state index contributed by atoms with van der Waals surface area (Å²) in [6.07, 6.45) is 0. The van der Waals surface area contributed by atoms with Crippen molar-refractivity contribution in [3.63, 3.8) is 0 Å². The van der Waals surface area contributed by atoms with E-state index in [9.17, 15) is 9.59 Å². The number of nitrogens with one attached hydrogen (secondary N) is 2. The first-order valence-corrected chi connectivity index (χ1v) is 10.3. The molecule has 2 aromatic carbocycles. The number of fused-ring (bicyclic) bond motifs is 1. The lowest BCUT2D eigenvalue weighted by Crippen LogP contribution is -2.47.